The summed E-state index contributed by atoms with van der Waals surface area (Å²) in [7, 11) is 4.04. The van der Waals surface area contributed by atoms with Crippen LogP contribution in [-0.4, -0.2) is 14.1 Å². The fourth-order valence-electron chi connectivity index (χ4n) is 2.08. The van der Waals surface area contributed by atoms with Crippen LogP contribution in [0.25, 0.3) is 0 Å². The van der Waals surface area contributed by atoms with E-state index in [0.717, 1.165) is 5.69 Å². The second kappa shape index (κ2) is 6.51. The van der Waals surface area contributed by atoms with Gasteiger partial charge < -0.3 is 10.2 Å². The third kappa shape index (κ3) is 3.68. The lowest BCUT2D eigenvalue weighted by Gasteiger charge is -2.18. The van der Waals surface area contributed by atoms with Crippen molar-refractivity contribution in [1.29, 1.82) is 5.26 Å². The van der Waals surface area contributed by atoms with E-state index >= 15 is 0 Å². The third-order valence-corrected chi connectivity index (χ3v) is 3.69. The smallest absolute Gasteiger partial charge is 0.0992 e. The standard InChI is InChI=1S/C17H18ClN3/c1-12(14-5-7-15(8-6-14)21(2)3)20-17-9-4-13(11-19)10-16(17)18/h4-10,12,20H,1-3H3. The predicted molar refractivity (Wildman–Crippen MR) is 89.0 cm³/mol. The van der Waals surface area contributed by atoms with Gasteiger partial charge >= 0.3 is 0 Å². The molecule has 2 aromatic rings. The molecule has 0 saturated heterocycles. The van der Waals surface area contributed by atoms with E-state index in [4.69, 9.17) is 16.9 Å². The molecule has 1 atom stereocenters. The average Bonchev–Trinajstić information content (AvgIpc) is 2.49. The Labute approximate surface area is 130 Å². The van der Waals surface area contributed by atoms with Crippen molar-refractivity contribution in [2.24, 2.45) is 0 Å². The van der Waals surface area contributed by atoms with Gasteiger partial charge in [-0.1, -0.05) is 23.7 Å². The summed E-state index contributed by atoms with van der Waals surface area (Å²) in [5, 5.41) is 12.8. The molecule has 0 aromatic heterocycles. The first-order valence-electron chi connectivity index (χ1n) is 6.74. The summed E-state index contributed by atoms with van der Waals surface area (Å²) in [5.74, 6) is 0. The topological polar surface area (TPSA) is 39.1 Å². The fourth-order valence-corrected chi connectivity index (χ4v) is 2.31. The number of nitrogens with zero attached hydrogens (tertiary/aromatic N) is 2. The Morgan fingerprint density at radius 2 is 1.81 bits per heavy atom. The van der Waals surface area contributed by atoms with E-state index in [1.807, 2.05) is 20.2 Å². The summed E-state index contributed by atoms with van der Waals surface area (Å²) in [6.45, 7) is 2.08. The maximum atomic E-state index is 8.85. The molecular formula is C17H18ClN3. The molecule has 0 saturated carbocycles. The number of benzene rings is 2. The first-order valence-corrected chi connectivity index (χ1v) is 7.12. The van der Waals surface area contributed by atoms with Crippen LogP contribution in [-0.2, 0) is 0 Å². The van der Waals surface area contributed by atoms with Crippen molar-refractivity contribution in [3.8, 4) is 6.07 Å². The fraction of sp³-hybridized carbons (Fsp3) is 0.235. The van der Waals surface area contributed by atoms with E-state index in [1.165, 1.54) is 11.3 Å². The van der Waals surface area contributed by atoms with Gasteiger partial charge in [0.2, 0.25) is 0 Å². The Morgan fingerprint density at radius 3 is 2.33 bits per heavy atom. The molecule has 0 heterocycles. The highest BCUT2D eigenvalue weighted by molar-refractivity contribution is 6.33. The van der Waals surface area contributed by atoms with Crippen molar-refractivity contribution in [3.63, 3.8) is 0 Å². The highest BCUT2D eigenvalue weighted by Gasteiger charge is 2.08. The van der Waals surface area contributed by atoms with Gasteiger partial charge in [-0.25, -0.2) is 0 Å². The van der Waals surface area contributed by atoms with Crippen LogP contribution in [0.15, 0.2) is 42.5 Å². The largest absolute Gasteiger partial charge is 0.378 e. The Hall–Kier alpha value is -2.18. The van der Waals surface area contributed by atoms with Crippen LogP contribution in [0.5, 0.6) is 0 Å². The Bertz CT molecular complexity index is 657. The van der Waals surface area contributed by atoms with Crippen LogP contribution < -0.4 is 10.2 Å². The summed E-state index contributed by atoms with van der Waals surface area (Å²) in [5.41, 5.74) is 3.75. The zero-order valence-corrected chi connectivity index (χ0v) is 13.1. The van der Waals surface area contributed by atoms with E-state index in [9.17, 15) is 0 Å². The summed E-state index contributed by atoms with van der Waals surface area (Å²) >= 11 is 6.19. The molecule has 0 fully saturated rings. The zero-order chi connectivity index (χ0) is 15.4. The van der Waals surface area contributed by atoms with E-state index in [0.29, 0.717) is 10.6 Å². The van der Waals surface area contributed by atoms with Crippen LogP contribution in [0.4, 0.5) is 11.4 Å². The van der Waals surface area contributed by atoms with Crippen molar-refractivity contribution in [1.82, 2.24) is 0 Å². The van der Waals surface area contributed by atoms with Gasteiger partial charge in [0.25, 0.3) is 0 Å². The van der Waals surface area contributed by atoms with Crippen LogP contribution >= 0.6 is 11.6 Å². The molecule has 1 N–H and O–H groups in total. The van der Waals surface area contributed by atoms with Gasteiger partial charge in [-0.2, -0.15) is 5.26 Å². The average molecular weight is 300 g/mol. The molecule has 0 aliphatic heterocycles. The molecule has 4 heteroatoms. The quantitative estimate of drug-likeness (QED) is 0.906. The number of rotatable bonds is 4. The number of halogens is 1. The molecule has 0 aliphatic carbocycles. The Balaban J connectivity index is 2.14. The van der Waals surface area contributed by atoms with Crippen LogP contribution in [0, 0.1) is 11.3 Å². The second-order valence-corrected chi connectivity index (χ2v) is 5.57. The first-order chi connectivity index (χ1) is 10.0. The summed E-state index contributed by atoms with van der Waals surface area (Å²) in [6.07, 6.45) is 0. The van der Waals surface area contributed by atoms with Gasteiger partial charge in [-0.3, -0.25) is 0 Å². The maximum absolute atomic E-state index is 8.85. The number of nitrogens with one attached hydrogen (secondary N) is 1. The lowest BCUT2D eigenvalue weighted by atomic mass is 10.1. The Kier molecular flexibility index (Phi) is 4.72. The van der Waals surface area contributed by atoms with Gasteiger partial charge in [0.1, 0.15) is 0 Å². The third-order valence-electron chi connectivity index (χ3n) is 3.38. The molecule has 1 unspecified atom stereocenters. The molecule has 2 rings (SSSR count). The van der Waals surface area contributed by atoms with Gasteiger partial charge in [-0.05, 0) is 42.8 Å². The van der Waals surface area contributed by atoms with Crippen molar-refractivity contribution in [3.05, 3.63) is 58.6 Å². The predicted octanol–water partition coefficient (Wildman–Crippen LogP) is 4.45. The molecule has 0 amide bonds. The number of hydrogen-bond acceptors (Lipinski definition) is 3. The normalized spacial score (nSPS) is 11.6. The molecule has 0 aliphatic rings. The van der Waals surface area contributed by atoms with E-state index < -0.39 is 0 Å². The minimum absolute atomic E-state index is 0.131. The van der Waals surface area contributed by atoms with Crippen LogP contribution in [0.3, 0.4) is 0 Å². The minimum atomic E-state index is 0.131. The zero-order valence-electron chi connectivity index (χ0n) is 12.4. The molecule has 0 bridgehead atoms. The van der Waals surface area contributed by atoms with Crippen LogP contribution in [0.1, 0.15) is 24.1 Å². The lowest BCUT2D eigenvalue weighted by Crippen LogP contribution is -2.10. The molecule has 108 valence electrons. The first kappa shape index (κ1) is 15.2. The SMILES string of the molecule is CC(Nc1ccc(C#N)cc1Cl)c1ccc(N(C)C)cc1. The second-order valence-electron chi connectivity index (χ2n) is 5.16. The van der Waals surface area contributed by atoms with Crippen molar-refractivity contribution < 1.29 is 0 Å². The van der Waals surface area contributed by atoms with Gasteiger partial charge in [0.05, 0.1) is 22.3 Å². The monoisotopic (exact) mass is 299 g/mol. The van der Waals surface area contributed by atoms with Gasteiger partial charge in [-0.15, -0.1) is 0 Å². The van der Waals surface area contributed by atoms with E-state index in [-0.39, 0.29) is 6.04 Å². The number of hydrogen-bond donors (Lipinski definition) is 1. The lowest BCUT2D eigenvalue weighted by molar-refractivity contribution is 0.884. The van der Waals surface area contributed by atoms with E-state index in [2.05, 4.69) is 47.5 Å². The molecule has 2 aromatic carbocycles. The summed E-state index contributed by atoms with van der Waals surface area (Å²) in [4.78, 5) is 2.07. The number of nitriles is 1. The van der Waals surface area contributed by atoms with Crippen LogP contribution in [0.2, 0.25) is 5.02 Å². The summed E-state index contributed by atoms with van der Waals surface area (Å²) < 4.78 is 0. The maximum Gasteiger partial charge on any atom is 0.0992 e. The molecule has 21 heavy (non-hydrogen) atoms. The molecular weight excluding hydrogens is 282 g/mol. The van der Waals surface area contributed by atoms with Crippen molar-refractivity contribution in [2.75, 3.05) is 24.3 Å². The molecule has 0 spiro atoms. The number of anilines is 2. The minimum Gasteiger partial charge on any atom is -0.378 e. The summed E-state index contributed by atoms with van der Waals surface area (Å²) in [6, 6.07) is 15.9. The van der Waals surface area contributed by atoms with Crippen molar-refractivity contribution >= 4 is 23.0 Å². The van der Waals surface area contributed by atoms with Crippen molar-refractivity contribution in [2.45, 2.75) is 13.0 Å². The van der Waals surface area contributed by atoms with E-state index in [1.54, 1.807) is 12.1 Å². The highest BCUT2D eigenvalue weighted by atomic mass is 35.5. The van der Waals surface area contributed by atoms with Gasteiger partial charge in [0, 0.05) is 25.8 Å². The Morgan fingerprint density at radius 1 is 1.14 bits per heavy atom. The molecule has 3 nitrogen and oxygen atoms in total. The molecule has 0 radical (unpaired) electrons. The highest BCUT2D eigenvalue weighted by Crippen LogP contribution is 2.27. The van der Waals surface area contributed by atoms with Gasteiger partial charge in [0.15, 0.2) is 0 Å².